The molecule has 8 heteroatoms. The molecule has 154 valence electrons. The number of benzene rings is 2. The molecule has 0 saturated carbocycles. The van der Waals surface area contributed by atoms with Gasteiger partial charge in [-0.1, -0.05) is 30.3 Å². The molecule has 0 unspecified atom stereocenters. The smallest absolute Gasteiger partial charge is 0.272 e. The Balaban J connectivity index is 1.33. The van der Waals surface area contributed by atoms with Gasteiger partial charge in [0.15, 0.2) is 5.69 Å². The Morgan fingerprint density at radius 1 is 1.10 bits per heavy atom. The highest BCUT2D eigenvalue weighted by Gasteiger charge is 2.27. The van der Waals surface area contributed by atoms with Crippen LogP contribution in [0.1, 0.15) is 26.5 Å². The first-order chi connectivity index (χ1) is 14.6. The number of nitrogens with zero attached hydrogens (tertiary/aromatic N) is 3. The van der Waals surface area contributed by atoms with Crippen molar-refractivity contribution >= 4 is 11.8 Å². The lowest BCUT2D eigenvalue weighted by Gasteiger charge is -2.27. The largest absolute Gasteiger partial charge is 0.492 e. The lowest BCUT2D eigenvalue weighted by atomic mass is 10.2. The molecule has 2 amide bonds. The van der Waals surface area contributed by atoms with Crippen molar-refractivity contribution in [1.29, 1.82) is 0 Å². The number of carbonyl (C=O) groups excluding carboxylic acids is 2. The van der Waals surface area contributed by atoms with Crippen molar-refractivity contribution in [3.63, 3.8) is 0 Å². The number of halogens is 1. The molecule has 4 rings (SSSR count). The predicted octanol–water partition coefficient (Wildman–Crippen LogP) is 2.49. The minimum Gasteiger partial charge on any atom is -0.492 e. The summed E-state index contributed by atoms with van der Waals surface area (Å²) in [5.74, 6) is -0.140. The maximum atomic E-state index is 13.1. The Morgan fingerprint density at radius 3 is 2.63 bits per heavy atom. The number of amides is 2. The van der Waals surface area contributed by atoms with E-state index in [0.29, 0.717) is 38.5 Å². The number of para-hydroxylation sites is 1. The summed E-state index contributed by atoms with van der Waals surface area (Å²) in [4.78, 5) is 26.8. The second kappa shape index (κ2) is 8.77. The molecule has 1 aromatic heterocycles. The van der Waals surface area contributed by atoms with Gasteiger partial charge in [-0.3, -0.25) is 14.3 Å². The van der Waals surface area contributed by atoms with Crippen LogP contribution in [0.2, 0.25) is 0 Å². The number of hydrogen-bond donors (Lipinski definition) is 1. The summed E-state index contributed by atoms with van der Waals surface area (Å²) in [6.45, 7) is 1.99. The Bertz CT molecular complexity index is 1030. The second-order valence-electron chi connectivity index (χ2n) is 6.91. The minimum atomic E-state index is -0.355. The molecule has 0 radical (unpaired) electrons. The number of hydrogen-bond acceptors (Lipinski definition) is 4. The highest BCUT2D eigenvalue weighted by Crippen LogP contribution is 2.17. The number of carbonyl (C=O) groups is 2. The molecule has 0 fully saturated rings. The molecule has 0 bridgehead atoms. The van der Waals surface area contributed by atoms with E-state index < -0.39 is 0 Å². The molecule has 0 aliphatic carbocycles. The van der Waals surface area contributed by atoms with Gasteiger partial charge in [0, 0.05) is 19.2 Å². The molecule has 7 nitrogen and oxygen atoms in total. The molecule has 0 saturated heterocycles. The average Bonchev–Trinajstić information content (AvgIpc) is 3.21. The Labute approximate surface area is 173 Å². The second-order valence-corrected chi connectivity index (χ2v) is 6.91. The van der Waals surface area contributed by atoms with Crippen LogP contribution in [0.5, 0.6) is 5.75 Å². The summed E-state index contributed by atoms with van der Waals surface area (Å²) in [6.07, 6.45) is 0. The van der Waals surface area contributed by atoms with Crippen LogP contribution in [0.4, 0.5) is 4.39 Å². The van der Waals surface area contributed by atoms with Gasteiger partial charge in [-0.05, 0) is 29.8 Å². The number of nitrogens with one attached hydrogen (secondary N) is 1. The van der Waals surface area contributed by atoms with Crippen molar-refractivity contribution in [3.05, 3.63) is 83.4 Å². The van der Waals surface area contributed by atoms with E-state index in [4.69, 9.17) is 4.74 Å². The van der Waals surface area contributed by atoms with Crippen molar-refractivity contribution in [3.8, 4) is 5.75 Å². The molecular formula is C22H21FN4O3. The SMILES string of the molecule is O=C(NCCOc1ccccc1)c1cc2n(n1)CCN(Cc1ccc(F)cc1)C2=O. The third-order valence-electron chi connectivity index (χ3n) is 4.79. The topological polar surface area (TPSA) is 76.5 Å². The maximum absolute atomic E-state index is 13.1. The molecule has 1 aliphatic heterocycles. The molecule has 1 aliphatic rings. The average molecular weight is 408 g/mol. The summed E-state index contributed by atoms with van der Waals surface area (Å²) in [5.41, 5.74) is 1.41. The van der Waals surface area contributed by atoms with E-state index in [-0.39, 0.29) is 23.3 Å². The number of aromatic nitrogens is 2. The van der Waals surface area contributed by atoms with E-state index in [1.165, 1.54) is 18.2 Å². The number of fused-ring (bicyclic) bond motifs is 1. The van der Waals surface area contributed by atoms with Crippen molar-refractivity contribution in [2.24, 2.45) is 0 Å². The zero-order valence-corrected chi connectivity index (χ0v) is 16.3. The first-order valence-corrected chi connectivity index (χ1v) is 9.68. The van der Waals surface area contributed by atoms with Crippen molar-refractivity contribution in [2.45, 2.75) is 13.1 Å². The zero-order valence-electron chi connectivity index (χ0n) is 16.3. The van der Waals surface area contributed by atoms with Gasteiger partial charge in [0.05, 0.1) is 13.1 Å². The quantitative estimate of drug-likeness (QED) is 0.610. The summed E-state index contributed by atoms with van der Waals surface area (Å²) < 4.78 is 20.2. The highest BCUT2D eigenvalue weighted by atomic mass is 19.1. The Kier molecular flexibility index (Phi) is 5.74. The normalized spacial score (nSPS) is 13.1. The summed E-state index contributed by atoms with van der Waals surface area (Å²) in [7, 11) is 0. The standard InChI is InChI=1S/C22H21FN4O3/c23-17-8-6-16(7-9-17)15-26-11-12-27-20(22(26)29)14-19(25-27)21(28)24-10-13-30-18-4-2-1-3-5-18/h1-9,14H,10-13,15H2,(H,24,28). The fraction of sp³-hybridized carbons (Fsp3) is 0.227. The minimum absolute atomic E-state index is 0.196. The molecule has 0 spiro atoms. The lowest BCUT2D eigenvalue weighted by molar-refractivity contribution is 0.0683. The van der Waals surface area contributed by atoms with Gasteiger partial charge in [0.1, 0.15) is 23.9 Å². The number of rotatable bonds is 7. The van der Waals surface area contributed by atoms with Crippen molar-refractivity contribution in [2.75, 3.05) is 19.7 Å². The lowest BCUT2D eigenvalue weighted by Crippen LogP contribution is -2.39. The van der Waals surface area contributed by atoms with Crippen LogP contribution in [0.25, 0.3) is 0 Å². The van der Waals surface area contributed by atoms with Gasteiger partial charge < -0.3 is 15.0 Å². The van der Waals surface area contributed by atoms with Crippen molar-refractivity contribution in [1.82, 2.24) is 20.0 Å². The summed E-state index contributed by atoms with van der Waals surface area (Å²) in [6, 6.07) is 16.9. The van der Waals surface area contributed by atoms with E-state index in [1.54, 1.807) is 21.7 Å². The van der Waals surface area contributed by atoms with Gasteiger partial charge in [-0.2, -0.15) is 5.10 Å². The summed E-state index contributed by atoms with van der Waals surface area (Å²) in [5, 5.41) is 7.01. The zero-order chi connectivity index (χ0) is 20.9. The van der Waals surface area contributed by atoms with Crippen LogP contribution in [0.3, 0.4) is 0 Å². The Morgan fingerprint density at radius 2 is 1.87 bits per heavy atom. The monoisotopic (exact) mass is 408 g/mol. The first kappa shape index (κ1) is 19.6. The van der Waals surface area contributed by atoms with E-state index in [0.717, 1.165) is 11.3 Å². The van der Waals surface area contributed by atoms with E-state index in [1.807, 2.05) is 30.3 Å². The number of ether oxygens (including phenoxy) is 1. The van der Waals surface area contributed by atoms with Crippen molar-refractivity contribution < 1.29 is 18.7 Å². The molecule has 1 N–H and O–H groups in total. The van der Waals surface area contributed by atoms with E-state index in [9.17, 15) is 14.0 Å². The third-order valence-corrected chi connectivity index (χ3v) is 4.79. The maximum Gasteiger partial charge on any atom is 0.272 e. The first-order valence-electron chi connectivity index (χ1n) is 9.68. The van der Waals surface area contributed by atoms with Crippen LogP contribution in [-0.2, 0) is 13.1 Å². The highest BCUT2D eigenvalue weighted by molar-refractivity contribution is 5.98. The molecule has 0 atom stereocenters. The van der Waals surface area contributed by atoms with Gasteiger partial charge in [-0.15, -0.1) is 0 Å². The fourth-order valence-corrected chi connectivity index (χ4v) is 3.25. The van der Waals surface area contributed by atoms with Crippen LogP contribution in [-0.4, -0.2) is 46.2 Å². The van der Waals surface area contributed by atoms with Gasteiger partial charge in [0.2, 0.25) is 0 Å². The van der Waals surface area contributed by atoms with Gasteiger partial charge in [-0.25, -0.2) is 4.39 Å². The van der Waals surface area contributed by atoms with Gasteiger partial charge in [0.25, 0.3) is 11.8 Å². The summed E-state index contributed by atoms with van der Waals surface area (Å²) >= 11 is 0. The predicted molar refractivity (Wildman–Crippen MR) is 108 cm³/mol. The van der Waals surface area contributed by atoms with E-state index in [2.05, 4.69) is 10.4 Å². The van der Waals surface area contributed by atoms with E-state index >= 15 is 0 Å². The molecule has 2 aromatic carbocycles. The van der Waals surface area contributed by atoms with Crippen LogP contribution < -0.4 is 10.1 Å². The van der Waals surface area contributed by atoms with Crippen LogP contribution in [0.15, 0.2) is 60.7 Å². The van der Waals surface area contributed by atoms with Gasteiger partial charge >= 0.3 is 0 Å². The van der Waals surface area contributed by atoms with Crippen LogP contribution in [0, 0.1) is 5.82 Å². The molecule has 30 heavy (non-hydrogen) atoms. The van der Waals surface area contributed by atoms with Crippen LogP contribution >= 0.6 is 0 Å². The molecule has 2 heterocycles. The Hall–Kier alpha value is -3.68. The third kappa shape index (κ3) is 4.48. The fourth-order valence-electron chi connectivity index (χ4n) is 3.25. The molecular weight excluding hydrogens is 387 g/mol. The molecule has 3 aromatic rings.